The molecule has 1 fully saturated rings. The van der Waals surface area contributed by atoms with Crippen LogP contribution < -0.4 is 10.1 Å². The number of carbonyl (C=O) groups excluding carboxylic acids is 1. The third-order valence-electron chi connectivity index (χ3n) is 3.79. The zero-order valence-electron chi connectivity index (χ0n) is 12.0. The van der Waals surface area contributed by atoms with Gasteiger partial charge in [-0.1, -0.05) is 0 Å². The van der Waals surface area contributed by atoms with E-state index in [1.165, 1.54) is 25.3 Å². The normalized spacial score (nSPS) is 16.4. The third-order valence-corrected chi connectivity index (χ3v) is 3.79. The van der Waals surface area contributed by atoms with E-state index in [0.717, 1.165) is 25.9 Å². The average molecular weight is 280 g/mol. The molecule has 1 aliphatic heterocycles. The Morgan fingerprint density at radius 2 is 2.15 bits per heavy atom. The molecule has 1 aromatic rings. The molecule has 110 valence electrons. The van der Waals surface area contributed by atoms with Gasteiger partial charge in [-0.05, 0) is 51.2 Å². The number of nitrogens with one attached hydrogen (secondary N) is 1. The molecule has 0 aromatic heterocycles. The van der Waals surface area contributed by atoms with E-state index >= 15 is 0 Å². The fraction of sp³-hybridized carbons (Fsp3) is 0.533. The Hall–Kier alpha value is -1.46. The number of methoxy groups -OCH3 is 1. The van der Waals surface area contributed by atoms with Crippen LogP contribution in [0.3, 0.4) is 0 Å². The summed E-state index contributed by atoms with van der Waals surface area (Å²) in [5.41, 5.74) is 0.313. The maximum absolute atomic E-state index is 13.3. The number of benzene rings is 1. The summed E-state index contributed by atoms with van der Waals surface area (Å²) in [6.07, 6.45) is 2.06. The zero-order valence-corrected chi connectivity index (χ0v) is 12.0. The predicted molar refractivity (Wildman–Crippen MR) is 75.8 cm³/mol. The lowest BCUT2D eigenvalue weighted by atomic mass is 10.0. The van der Waals surface area contributed by atoms with Crippen LogP contribution in [0.4, 0.5) is 4.39 Å². The smallest absolute Gasteiger partial charge is 0.180 e. The molecule has 1 saturated heterocycles. The average Bonchev–Trinajstić information content (AvgIpc) is 2.48. The highest BCUT2D eigenvalue weighted by Gasteiger charge is 2.21. The van der Waals surface area contributed by atoms with Gasteiger partial charge in [-0.25, -0.2) is 4.39 Å². The van der Waals surface area contributed by atoms with E-state index in [1.807, 2.05) is 11.9 Å². The van der Waals surface area contributed by atoms with Gasteiger partial charge in [0.2, 0.25) is 0 Å². The lowest BCUT2D eigenvalue weighted by Crippen LogP contribution is -2.43. The molecule has 1 heterocycles. The minimum Gasteiger partial charge on any atom is -0.496 e. The monoisotopic (exact) mass is 280 g/mol. The predicted octanol–water partition coefficient (Wildman–Crippen LogP) is 1.70. The number of carbonyl (C=O) groups is 1. The van der Waals surface area contributed by atoms with Gasteiger partial charge < -0.3 is 10.1 Å². The molecule has 0 aliphatic carbocycles. The van der Waals surface area contributed by atoms with Crippen molar-refractivity contribution in [2.45, 2.75) is 18.9 Å². The maximum atomic E-state index is 13.3. The first-order valence-electron chi connectivity index (χ1n) is 6.89. The van der Waals surface area contributed by atoms with E-state index in [-0.39, 0.29) is 12.3 Å². The van der Waals surface area contributed by atoms with E-state index < -0.39 is 5.82 Å². The van der Waals surface area contributed by atoms with E-state index in [9.17, 15) is 9.18 Å². The van der Waals surface area contributed by atoms with Gasteiger partial charge in [0.15, 0.2) is 5.78 Å². The molecule has 0 spiro atoms. The highest BCUT2D eigenvalue weighted by atomic mass is 19.1. The first-order chi connectivity index (χ1) is 9.61. The Labute approximate surface area is 118 Å². The molecule has 0 radical (unpaired) electrons. The molecule has 1 aliphatic rings. The summed E-state index contributed by atoms with van der Waals surface area (Å²) in [7, 11) is 3.43. The number of hydrogen-bond acceptors (Lipinski definition) is 4. The molecule has 0 saturated carbocycles. The summed E-state index contributed by atoms with van der Waals surface area (Å²) in [4.78, 5) is 14.4. The van der Waals surface area contributed by atoms with Gasteiger partial charge in [-0.2, -0.15) is 0 Å². The van der Waals surface area contributed by atoms with Crippen LogP contribution in [0.2, 0.25) is 0 Å². The van der Waals surface area contributed by atoms with Crippen molar-refractivity contribution in [2.75, 3.05) is 33.8 Å². The van der Waals surface area contributed by atoms with Crippen LogP contribution in [0.1, 0.15) is 23.2 Å². The van der Waals surface area contributed by atoms with Crippen LogP contribution in [0, 0.1) is 5.82 Å². The Morgan fingerprint density at radius 3 is 2.80 bits per heavy atom. The highest BCUT2D eigenvalue weighted by Crippen LogP contribution is 2.21. The van der Waals surface area contributed by atoms with Gasteiger partial charge in [0.1, 0.15) is 11.6 Å². The van der Waals surface area contributed by atoms with Crippen LogP contribution in [0.5, 0.6) is 5.75 Å². The lowest BCUT2D eigenvalue weighted by molar-refractivity contribution is 0.0900. The van der Waals surface area contributed by atoms with Crippen molar-refractivity contribution >= 4 is 5.78 Å². The molecule has 5 heteroatoms. The van der Waals surface area contributed by atoms with Gasteiger partial charge in [0.25, 0.3) is 0 Å². The second-order valence-corrected chi connectivity index (χ2v) is 5.16. The van der Waals surface area contributed by atoms with Gasteiger partial charge in [0.05, 0.1) is 19.2 Å². The maximum Gasteiger partial charge on any atom is 0.180 e. The number of ether oxygens (including phenoxy) is 1. The first-order valence-corrected chi connectivity index (χ1v) is 6.89. The van der Waals surface area contributed by atoms with Crippen molar-refractivity contribution in [1.29, 1.82) is 0 Å². The molecule has 20 heavy (non-hydrogen) atoms. The summed E-state index contributed by atoms with van der Waals surface area (Å²) >= 11 is 0. The molecule has 4 nitrogen and oxygen atoms in total. The summed E-state index contributed by atoms with van der Waals surface area (Å²) in [5.74, 6) is -0.101. The van der Waals surface area contributed by atoms with Gasteiger partial charge in [-0.15, -0.1) is 0 Å². The van der Waals surface area contributed by atoms with Gasteiger partial charge in [-0.3, -0.25) is 9.69 Å². The topological polar surface area (TPSA) is 41.6 Å². The number of likely N-dealkylation sites (N-methyl/N-ethyl adjacent to an activating group) is 1. The van der Waals surface area contributed by atoms with Gasteiger partial charge >= 0.3 is 0 Å². The molecule has 0 atom stereocenters. The first kappa shape index (κ1) is 14.9. The van der Waals surface area contributed by atoms with Crippen molar-refractivity contribution in [1.82, 2.24) is 10.2 Å². The standard InChI is InChI=1S/C15H21FN2O2/c1-18(12-5-7-17-8-6-12)10-14(19)13-9-11(16)3-4-15(13)20-2/h3-4,9,12,17H,5-8,10H2,1-2H3. The molecular weight excluding hydrogens is 259 g/mol. The minimum absolute atomic E-state index is 0.109. The van der Waals surface area contributed by atoms with Crippen molar-refractivity contribution < 1.29 is 13.9 Å². The Balaban J connectivity index is 2.05. The molecule has 2 rings (SSSR count). The number of ketones is 1. The Morgan fingerprint density at radius 1 is 1.45 bits per heavy atom. The molecular formula is C15H21FN2O2. The molecule has 0 unspecified atom stereocenters. The van der Waals surface area contributed by atoms with Crippen LogP contribution >= 0.6 is 0 Å². The summed E-state index contributed by atoms with van der Waals surface area (Å²) in [5, 5.41) is 3.30. The number of nitrogens with zero attached hydrogens (tertiary/aromatic N) is 1. The quantitative estimate of drug-likeness (QED) is 0.834. The lowest BCUT2D eigenvalue weighted by Gasteiger charge is -2.31. The Kier molecular flexibility index (Phi) is 5.09. The zero-order chi connectivity index (χ0) is 14.5. The number of hydrogen-bond donors (Lipinski definition) is 1. The van der Waals surface area contributed by atoms with Crippen molar-refractivity contribution in [3.05, 3.63) is 29.6 Å². The third kappa shape index (κ3) is 3.55. The van der Waals surface area contributed by atoms with E-state index in [4.69, 9.17) is 4.74 Å². The molecule has 0 amide bonds. The number of Topliss-reactive ketones (excluding diaryl/α,β-unsaturated/α-hetero) is 1. The highest BCUT2D eigenvalue weighted by molar-refractivity contribution is 6.00. The summed E-state index contributed by atoms with van der Waals surface area (Å²) < 4.78 is 18.4. The van der Waals surface area contributed by atoms with Crippen LogP contribution in [-0.2, 0) is 0 Å². The molecule has 1 aromatic carbocycles. The van der Waals surface area contributed by atoms with Crippen LogP contribution in [-0.4, -0.2) is 50.5 Å². The fourth-order valence-corrected chi connectivity index (χ4v) is 2.59. The van der Waals surface area contributed by atoms with Crippen molar-refractivity contribution in [3.8, 4) is 5.75 Å². The summed E-state index contributed by atoms with van der Waals surface area (Å²) in [6.45, 7) is 2.24. The number of piperidine rings is 1. The number of halogens is 1. The Bertz CT molecular complexity index is 473. The fourth-order valence-electron chi connectivity index (χ4n) is 2.59. The van der Waals surface area contributed by atoms with Gasteiger partial charge in [0, 0.05) is 6.04 Å². The molecule has 0 bridgehead atoms. The van der Waals surface area contributed by atoms with Crippen molar-refractivity contribution in [2.24, 2.45) is 0 Å². The van der Waals surface area contributed by atoms with Crippen LogP contribution in [0.15, 0.2) is 18.2 Å². The van der Waals surface area contributed by atoms with E-state index in [2.05, 4.69) is 5.32 Å². The summed E-state index contributed by atoms with van der Waals surface area (Å²) in [6, 6.07) is 4.44. The SMILES string of the molecule is COc1ccc(F)cc1C(=O)CN(C)C1CCNCC1. The molecule has 1 N–H and O–H groups in total. The second-order valence-electron chi connectivity index (χ2n) is 5.16. The largest absolute Gasteiger partial charge is 0.496 e. The van der Waals surface area contributed by atoms with Crippen molar-refractivity contribution in [3.63, 3.8) is 0 Å². The minimum atomic E-state index is -0.418. The second kappa shape index (κ2) is 6.81. The van der Waals surface area contributed by atoms with E-state index in [1.54, 1.807) is 0 Å². The number of rotatable bonds is 5. The van der Waals surface area contributed by atoms with E-state index in [0.29, 0.717) is 17.4 Å². The van der Waals surface area contributed by atoms with Crippen LogP contribution in [0.25, 0.3) is 0 Å².